The molecular weight excluding hydrogens is 387 g/mol. The van der Waals surface area contributed by atoms with E-state index in [1.54, 1.807) is 24.3 Å². The van der Waals surface area contributed by atoms with Gasteiger partial charge in [-0.3, -0.25) is 10.1 Å². The number of carbonyl (C=O) groups is 2. The molecule has 0 fully saturated rings. The lowest BCUT2D eigenvalue weighted by Crippen LogP contribution is -2.34. The number of ether oxygens (including phenoxy) is 1. The van der Waals surface area contributed by atoms with Crippen molar-refractivity contribution in [2.75, 3.05) is 12.4 Å². The first-order valence-corrected chi connectivity index (χ1v) is 7.97. The zero-order valence-electron chi connectivity index (χ0n) is 12.8. The maximum absolute atomic E-state index is 12.2. The molecule has 0 aliphatic heterocycles. The summed E-state index contributed by atoms with van der Waals surface area (Å²) in [6.07, 6.45) is 0. The quantitative estimate of drug-likeness (QED) is 0.678. The van der Waals surface area contributed by atoms with Crippen molar-refractivity contribution in [2.24, 2.45) is 0 Å². The van der Waals surface area contributed by atoms with Crippen LogP contribution < -0.4 is 15.4 Å². The predicted octanol–water partition coefficient (Wildman–Crippen LogP) is 3.83. The van der Waals surface area contributed by atoms with Crippen molar-refractivity contribution in [3.05, 3.63) is 57.6 Å². The lowest BCUT2D eigenvalue weighted by Gasteiger charge is -2.14. The van der Waals surface area contributed by atoms with Crippen molar-refractivity contribution in [3.63, 3.8) is 0 Å². The summed E-state index contributed by atoms with van der Waals surface area (Å²) in [4.78, 5) is 23.5. The van der Waals surface area contributed by atoms with Crippen molar-refractivity contribution < 1.29 is 19.4 Å². The summed E-state index contributed by atoms with van der Waals surface area (Å²) in [6, 6.07) is 8.98. The Morgan fingerprint density at radius 3 is 2.36 bits per heavy atom. The van der Waals surface area contributed by atoms with E-state index in [9.17, 15) is 14.7 Å². The maximum Gasteiger partial charge on any atom is 0.337 e. The van der Waals surface area contributed by atoms with Crippen LogP contribution in [0.25, 0.3) is 0 Å². The van der Waals surface area contributed by atoms with Gasteiger partial charge in [0.1, 0.15) is 5.75 Å². The Morgan fingerprint density at radius 2 is 1.80 bits per heavy atom. The van der Waals surface area contributed by atoms with Crippen molar-refractivity contribution in [1.29, 1.82) is 0 Å². The summed E-state index contributed by atoms with van der Waals surface area (Å²) >= 11 is 16.9. The molecular formula is C16H12Cl2N2O4S. The Bertz CT molecular complexity index is 841. The van der Waals surface area contributed by atoms with E-state index in [1.807, 2.05) is 0 Å². The van der Waals surface area contributed by atoms with Gasteiger partial charge in [-0.05, 0) is 48.6 Å². The van der Waals surface area contributed by atoms with Gasteiger partial charge < -0.3 is 15.2 Å². The van der Waals surface area contributed by atoms with Crippen LogP contribution in [0.3, 0.4) is 0 Å². The number of halogens is 2. The number of hydrogen-bond acceptors (Lipinski definition) is 4. The Kier molecular flexibility index (Phi) is 6.19. The molecule has 25 heavy (non-hydrogen) atoms. The van der Waals surface area contributed by atoms with Gasteiger partial charge in [-0.25, -0.2) is 4.79 Å². The molecule has 0 heterocycles. The molecule has 130 valence electrons. The number of rotatable bonds is 4. The molecule has 3 N–H and O–H groups in total. The second kappa shape index (κ2) is 8.15. The van der Waals surface area contributed by atoms with Crippen LogP contribution in [-0.4, -0.2) is 29.2 Å². The number of carbonyl (C=O) groups excluding carboxylic acids is 1. The highest BCUT2D eigenvalue weighted by atomic mass is 35.5. The van der Waals surface area contributed by atoms with E-state index in [0.29, 0.717) is 11.3 Å². The standard InChI is InChI=1S/C16H12Cl2N2O4S/c1-24-10-4-2-8(3-5-10)14(21)20-16(25)19-13-11(15(22)23)6-9(17)7-12(13)18/h2-7H,1H3,(H,22,23)(H2,19,20,21,25). The molecule has 0 unspecified atom stereocenters. The van der Waals surface area contributed by atoms with Gasteiger partial charge in [0.15, 0.2) is 5.11 Å². The first-order valence-electron chi connectivity index (χ1n) is 6.80. The van der Waals surface area contributed by atoms with Gasteiger partial charge in [0.05, 0.1) is 23.4 Å². The minimum atomic E-state index is -1.24. The average Bonchev–Trinajstić information content (AvgIpc) is 2.56. The first kappa shape index (κ1) is 19.0. The highest BCUT2D eigenvalue weighted by Gasteiger charge is 2.17. The normalized spacial score (nSPS) is 10.0. The lowest BCUT2D eigenvalue weighted by atomic mass is 10.2. The van der Waals surface area contributed by atoms with Crippen molar-refractivity contribution in [1.82, 2.24) is 5.32 Å². The number of benzene rings is 2. The number of carboxylic acids is 1. The molecule has 2 aromatic carbocycles. The first-order chi connectivity index (χ1) is 11.8. The van der Waals surface area contributed by atoms with Crippen molar-refractivity contribution in [2.45, 2.75) is 0 Å². The van der Waals surface area contributed by atoms with E-state index in [4.69, 9.17) is 40.2 Å². The van der Waals surface area contributed by atoms with E-state index in [1.165, 1.54) is 19.2 Å². The molecule has 2 aromatic rings. The molecule has 0 aliphatic carbocycles. The van der Waals surface area contributed by atoms with E-state index in [0.717, 1.165) is 0 Å². The number of hydrogen-bond donors (Lipinski definition) is 3. The molecule has 0 atom stereocenters. The van der Waals surface area contributed by atoms with Crippen LogP contribution >= 0.6 is 35.4 Å². The van der Waals surface area contributed by atoms with Crippen LogP contribution in [0.15, 0.2) is 36.4 Å². The van der Waals surface area contributed by atoms with Gasteiger partial charge in [-0.15, -0.1) is 0 Å². The molecule has 0 saturated carbocycles. The Balaban J connectivity index is 2.14. The van der Waals surface area contributed by atoms with Crippen molar-refractivity contribution >= 4 is 58.1 Å². The molecule has 0 spiro atoms. The van der Waals surface area contributed by atoms with Crippen LogP contribution in [0, 0.1) is 0 Å². The Hall–Kier alpha value is -2.35. The minimum Gasteiger partial charge on any atom is -0.497 e. The number of thiocarbonyl (C=S) groups is 1. The summed E-state index contributed by atoms with van der Waals surface area (Å²) in [5, 5.41) is 14.4. The second-order valence-corrected chi connectivity index (χ2v) is 6.00. The van der Waals surface area contributed by atoms with Crippen LogP contribution in [0.1, 0.15) is 20.7 Å². The molecule has 0 saturated heterocycles. The molecule has 2 rings (SSSR count). The minimum absolute atomic E-state index is 0.0404. The summed E-state index contributed by atoms with van der Waals surface area (Å²) < 4.78 is 5.02. The third-order valence-electron chi connectivity index (χ3n) is 3.10. The monoisotopic (exact) mass is 398 g/mol. The van der Waals surface area contributed by atoms with E-state index in [-0.39, 0.29) is 26.4 Å². The summed E-state index contributed by atoms with van der Waals surface area (Å²) in [5.41, 5.74) is 0.225. The van der Waals surface area contributed by atoms with Gasteiger partial charge >= 0.3 is 5.97 Å². The highest BCUT2D eigenvalue weighted by molar-refractivity contribution is 7.80. The third kappa shape index (κ3) is 4.82. The van der Waals surface area contributed by atoms with Crippen LogP contribution in [-0.2, 0) is 0 Å². The predicted molar refractivity (Wildman–Crippen MR) is 100 cm³/mol. The zero-order chi connectivity index (χ0) is 18.6. The summed E-state index contributed by atoms with van der Waals surface area (Å²) in [6.45, 7) is 0. The molecule has 9 heteroatoms. The number of nitrogens with one attached hydrogen (secondary N) is 2. The molecule has 1 amide bonds. The van der Waals surface area contributed by atoms with Gasteiger partial charge in [0, 0.05) is 10.6 Å². The fourth-order valence-corrected chi connectivity index (χ4v) is 2.67. The number of anilines is 1. The molecule has 6 nitrogen and oxygen atoms in total. The number of methoxy groups -OCH3 is 1. The Labute approximate surface area is 158 Å². The fraction of sp³-hybridized carbons (Fsp3) is 0.0625. The van der Waals surface area contributed by atoms with E-state index < -0.39 is 11.9 Å². The number of carboxylic acid groups (broad SMARTS) is 1. The SMILES string of the molecule is COc1ccc(C(=O)NC(=S)Nc2c(Cl)cc(Cl)cc2C(=O)O)cc1. The molecule has 0 aliphatic rings. The second-order valence-electron chi connectivity index (χ2n) is 4.75. The third-order valence-corrected chi connectivity index (χ3v) is 3.82. The number of aromatic carboxylic acids is 1. The van der Waals surface area contributed by atoms with Gasteiger partial charge in [0.25, 0.3) is 5.91 Å². The molecule has 0 bridgehead atoms. The van der Waals surface area contributed by atoms with Crippen LogP contribution in [0.2, 0.25) is 10.0 Å². The lowest BCUT2D eigenvalue weighted by molar-refractivity contribution is 0.0697. The van der Waals surface area contributed by atoms with Gasteiger partial charge in [-0.1, -0.05) is 23.2 Å². The molecule has 0 radical (unpaired) electrons. The van der Waals surface area contributed by atoms with Gasteiger partial charge in [0.2, 0.25) is 0 Å². The number of amides is 1. The van der Waals surface area contributed by atoms with Crippen LogP contribution in [0.4, 0.5) is 5.69 Å². The van der Waals surface area contributed by atoms with E-state index in [2.05, 4.69) is 10.6 Å². The largest absolute Gasteiger partial charge is 0.497 e. The molecule has 0 aromatic heterocycles. The average molecular weight is 399 g/mol. The van der Waals surface area contributed by atoms with E-state index >= 15 is 0 Å². The fourth-order valence-electron chi connectivity index (χ4n) is 1.93. The summed E-state index contributed by atoms with van der Waals surface area (Å²) in [7, 11) is 1.52. The summed E-state index contributed by atoms with van der Waals surface area (Å²) in [5.74, 6) is -1.10. The van der Waals surface area contributed by atoms with Crippen LogP contribution in [0.5, 0.6) is 5.75 Å². The Morgan fingerprint density at radius 1 is 1.16 bits per heavy atom. The van der Waals surface area contributed by atoms with Crippen molar-refractivity contribution in [3.8, 4) is 5.75 Å². The zero-order valence-corrected chi connectivity index (χ0v) is 15.1. The smallest absolute Gasteiger partial charge is 0.337 e. The highest BCUT2D eigenvalue weighted by Crippen LogP contribution is 2.30. The van der Waals surface area contributed by atoms with Gasteiger partial charge in [-0.2, -0.15) is 0 Å². The maximum atomic E-state index is 12.2. The topological polar surface area (TPSA) is 87.7 Å².